The van der Waals surface area contributed by atoms with Crippen molar-refractivity contribution in [1.29, 1.82) is 0 Å². The van der Waals surface area contributed by atoms with E-state index in [0.717, 1.165) is 24.1 Å². The number of benzene rings is 1. The number of nitrogens with one attached hydrogen (secondary N) is 1. The van der Waals surface area contributed by atoms with Gasteiger partial charge in [0.25, 0.3) is 0 Å². The van der Waals surface area contributed by atoms with Gasteiger partial charge < -0.3 is 10.2 Å². The third-order valence-electron chi connectivity index (χ3n) is 5.09. The van der Waals surface area contributed by atoms with Crippen LogP contribution in [0.4, 0.5) is 5.69 Å². The van der Waals surface area contributed by atoms with Gasteiger partial charge in [-0.2, -0.15) is 5.10 Å². The van der Waals surface area contributed by atoms with Crippen molar-refractivity contribution in [2.45, 2.75) is 46.2 Å². The minimum atomic E-state index is 0.504. The lowest BCUT2D eigenvalue weighted by molar-refractivity contribution is 0.208. The molecule has 1 atom stereocenters. The summed E-state index contributed by atoms with van der Waals surface area (Å²) in [6.45, 7) is 9.44. The normalized spacial score (nSPS) is 17.8. The summed E-state index contributed by atoms with van der Waals surface area (Å²) >= 11 is 0. The first-order valence-corrected chi connectivity index (χ1v) is 8.93. The molecule has 1 aromatic carbocycles. The molecule has 3 rings (SSSR count). The standard InChI is InChI=1S/C19H29N5/c1-14(18-8-10-23(4)11-9-18)20-19-7-5-6-17(12-19)13-24-16(3)21-15(2)22-24/h5-7,12,14,18,20H,8-11,13H2,1-4H3/t14-/m0/s1. The summed E-state index contributed by atoms with van der Waals surface area (Å²) in [5.41, 5.74) is 2.46. The number of likely N-dealkylation sites (tertiary alicyclic amines) is 1. The van der Waals surface area contributed by atoms with Gasteiger partial charge in [0.15, 0.2) is 0 Å². The maximum atomic E-state index is 4.46. The van der Waals surface area contributed by atoms with Gasteiger partial charge in [0.05, 0.1) is 6.54 Å². The molecule has 1 fully saturated rings. The van der Waals surface area contributed by atoms with Crippen molar-refractivity contribution in [1.82, 2.24) is 19.7 Å². The van der Waals surface area contributed by atoms with Crippen molar-refractivity contribution in [3.63, 3.8) is 0 Å². The lowest BCUT2D eigenvalue weighted by Gasteiger charge is -2.33. The molecule has 1 aliphatic rings. The highest BCUT2D eigenvalue weighted by atomic mass is 15.3. The zero-order valence-corrected chi connectivity index (χ0v) is 15.3. The Morgan fingerprint density at radius 1 is 1.25 bits per heavy atom. The zero-order chi connectivity index (χ0) is 17.1. The van der Waals surface area contributed by atoms with E-state index in [4.69, 9.17) is 0 Å². The zero-order valence-electron chi connectivity index (χ0n) is 15.3. The number of rotatable bonds is 5. The number of anilines is 1. The molecule has 0 bridgehead atoms. The second-order valence-corrected chi connectivity index (χ2v) is 7.14. The van der Waals surface area contributed by atoms with Gasteiger partial charge in [-0.05, 0) is 77.4 Å². The van der Waals surface area contributed by atoms with Crippen LogP contribution in [-0.2, 0) is 6.54 Å². The maximum Gasteiger partial charge on any atom is 0.147 e. The van der Waals surface area contributed by atoms with Gasteiger partial charge in [0.2, 0.25) is 0 Å². The lowest BCUT2D eigenvalue weighted by atomic mass is 9.90. The topological polar surface area (TPSA) is 46.0 Å². The first kappa shape index (κ1) is 17.0. The molecule has 0 radical (unpaired) electrons. The summed E-state index contributed by atoms with van der Waals surface area (Å²) in [5.74, 6) is 2.55. The second-order valence-electron chi connectivity index (χ2n) is 7.14. The third-order valence-corrected chi connectivity index (χ3v) is 5.09. The molecule has 0 unspecified atom stereocenters. The van der Waals surface area contributed by atoms with Crippen molar-refractivity contribution in [2.75, 3.05) is 25.5 Å². The van der Waals surface area contributed by atoms with Crippen LogP contribution in [0.5, 0.6) is 0 Å². The molecule has 5 nitrogen and oxygen atoms in total. The van der Waals surface area contributed by atoms with E-state index in [1.807, 2.05) is 18.5 Å². The Morgan fingerprint density at radius 2 is 2.00 bits per heavy atom. The number of hydrogen-bond acceptors (Lipinski definition) is 4. The maximum absolute atomic E-state index is 4.46. The molecule has 0 saturated carbocycles. The Morgan fingerprint density at radius 3 is 2.67 bits per heavy atom. The van der Waals surface area contributed by atoms with Crippen LogP contribution >= 0.6 is 0 Å². The fraction of sp³-hybridized carbons (Fsp3) is 0.579. The Hall–Kier alpha value is -1.88. The van der Waals surface area contributed by atoms with E-state index in [1.54, 1.807) is 0 Å². The van der Waals surface area contributed by atoms with Gasteiger partial charge >= 0.3 is 0 Å². The highest BCUT2D eigenvalue weighted by Crippen LogP contribution is 2.23. The van der Waals surface area contributed by atoms with Crippen molar-refractivity contribution < 1.29 is 0 Å². The number of nitrogens with zero attached hydrogens (tertiary/aromatic N) is 4. The molecule has 1 aliphatic heterocycles. The van der Waals surface area contributed by atoms with E-state index in [9.17, 15) is 0 Å². The largest absolute Gasteiger partial charge is 0.382 e. The average molecular weight is 327 g/mol. The SMILES string of the molecule is Cc1nc(C)n(Cc2cccc(N[C@@H](C)C3CCN(C)CC3)c2)n1. The van der Waals surface area contributed by atoms with Crippen LogP contribution in [0.1, 0.15) is 37.0 Å². The highest BCUT2D eigenvalue weighted by Gasteiger charge is 2.22. The fourth-order valence-corrected chi connectivity index (χ4v) is 3.55. The Kier molecular flexibility index (Phi) is 5.19. The van der Waals surface area contributed by atoms with E-state index in [2.05, 4.69) is 58.5 Å². The summed E-state index contributed by atoms with van der Waals surface area (Å²) in [6, 6.07) is 9.18. The number of hydrogen-bond donors (Lipinski definition) is 1. The van der Waals surface area contributed by atoms with Gasteiger partial charge in [0.1, 0.15) is 11.6 Å². The van der Waals surface area contributed by atoms with E-state index < -0.39 is 0 Å². The molecule has 0 aliphatic carbocycles. The van der Waals surface area contributed by atoms with Crippen LogP contribution in [0.3, 0.4) is 0 Å². The van der Waals surface area contributed by atoms with Crippen molar-refractivity contribution >= 4 is 5.69 Å². The fourth-order valence-electron chi connectivity index (χ4n) is 3.55. The van der Waals surface area contributed by atoms with Gasteiger partial charge in [0, 0.05) is 11.7 Å². The summed E-state index contributed by atoms with van der Waals surface area (Å²) < 4.78 is 1.97. The van der Waals surface area contributed by atoms with E-state index >= 15 is 0 Å². The van der Waals surface area contributed by atoms with E-state index in [0.29, 0.717) is 6.04 Å². The van der Waals surface area contributed by atoms with Crippen molar-refractivity contribution in [3.05, 3.63) is 41.5 Å². The first-order chi connectivity index (χ1) is 11.5. The Labute approximate surface area is 145 Å². The van der Waals surface area contributed by atoms with Crippen molar-refractivity contribution in [3.8, 4) is 0 Å². The van der Waals surface area contributed by atoms with E-state index in [-0.39, 0.29) is 0 Å². The summed E-state index contributed by atoms with van der Waals surface area (Å²) in [4.78, 5) is 6.80. The molecular formula is C19H29N5. The lowest BCUT2D eigenvalue weighted by Crippen LogP contribution is -2.37. The average Bonchev–Trinajstić information content (AvgIpc) is 2.86. The molecule has 130 valence electrons. The summed E-state index contributed by atoms with van der Waals surface area (Å²) in [6.07, 6.45) is 2.56. The molecule has 2 heterocycles. The molecule has 5 heteroatoms. The number of aromatic nitrogens is 3. The van der Waals surface area contributed by atoms with Crippen LogP contribution in [-0.4, -0.2) is 45.8 Å². The monoisotopic (exact) mass is 327 g/mol. The second kappa shape index (κ2) is 7.34. The molecule has 1 saturated heterocycles. The molecule has 0 spiro atoms. The van der Waals surface area contributed by atoms with Gasteiger partial charge in [-0.3, -0.25) is 0 Å². The van der Waals surface area contributed by atoms with Crippen LogP contribution in [0, 0.1) is 19.8 Å². The highest BCUT2D eigenvalue weighted by molar-refractivity contribution is 5.46. The Bertz CT molecular complexity index is 670. The molecule has 2 aromatic rings. The predicted molar refractivity (Wildman–Crippen MR) is 98.3 cm³/mol. The smallest absolute Gasteiger partial charge is 0.147 e. The summed E-state index contributed by atoms with van der Waals surface area (Å²) in [5, 5.41) is 8.17. The van der Waals surface area contributed by atoms with Gasteiger partial charge in [-0.25, -0.2) is 9.67 Å². The summed E-state index contributed by atoms with van der Waals surface area (Å²) in [7, 11) is 2.21. The van der Waals surface area contributed by atoms with E-state index in [1.165, 1.54) is 37.2 Å². The molecule has 1 aromatic heterocycles. The number of piperidine rings is 1. The van der Waals surface area contributed by atoms with Crippen LogP contribution in [0.2, 0.25) is 0 Å². The molecule has 0 amide bonds. The van der Waals surface area contributed by atoms with Gasteiger partial charge in [-0.1, -0.05) is 12.1 Å². The van der Waals surface area contributed by atoms with Gasteiger partial charge in [-0.15, -0.1) is 0 Å². The molecule has 1 N–H and O–H groups in total. The van der Waals surface area contributed by atoms with Crippen LogP contribution in [0.15, 0.2) is 24.3 Å². The first-order valence-electron chi connectivity index (χ1n) is 8.93. The molecular weight excluding hydrogens is 298 g/mol. The predicted octanol–water partition coefficient (Wildman–Crippen LogP) is 3.09. The van der Waals surface area contributed by atoms with Crippen LogP contribution in [0.25, 0.3) is 0 Å². The minimum Gasteiger partial charge on any atom is -0.382 e. The third kappa shape index (κ3) is 4.15. The van der Waals surface area contributed by atoms with Crippen LogP contribution < -0.4 is 5.32 Å². The quantitative estimate of drug-likeness (QED) is 0.917. The number of aryl methyl sites for hydroxylation is 2. The Balaban J connectivity index is 1.63. The minimum absolute atomic E-state index is 0.504. The molecule has 24 heavy (non-hydrogen) atoms. The van der Waals surface area contributed by atoms with Crippen molar-refractivity contribution in [2.24, 2.45) is 5.92 Å².